The molecule has 1 atom stereocenters. The molecule has 0 radical (unpaired) electrons. The maximum absolute atomic E-state index is 13.0. The van der Waals surface area contributed by atoms with Gasteiger partial charge in [0.05, 0.1) is 16.7 Å². The topological polar surface area (TPSA) is 92.4 Å². The number of aliphatic hydroxyl groups excluding tert-OH is 1. The van der Waals surface area contributed by atoms with Crippen LogP contribution in [0.2, 0.25) is 0 Å². The number of hydrogen-bond donors (Lipinski definition) is 3. The first-order valence-corrected chi connectivity index (χ1v) is 6.14. The molecular weight excluding hydrogens is 254 g/mol. The zero-order valence-corrected chi connectivity index (χ0v) is 9.76. The molecule has 17 heavy (non-hydrogen) atoms. The second-order valence-corrected chi connectivity index (χ2v) is 5.28. The normalized spacial score (nSPS) is 13.6. The second kappa shape index (κ2) is 4.94. The lowest BCUT2D eigenvalue weighted by Crippen LogP contribution is -2.30. The Morgan fingerprint density at radius 2 is 2.06 bits per heavy atom. The number of hydrogen-bond acceptors (Lipinski definition) is 4. The van der Waals surface area contributed by atoms with Crippen LogP contribution in [-0.4, -0.2) is 26.2 Å². The van der Waals surface area contributed by atoms with Gasteiger partial charge in [-0.1, -0.05) is 0 Å². The third kappa shape index (κ3) is 3.35. The average molecular weight is 266 g/mol. The van der Waals surface area contributed by atoms with Crippen molar-refractivity contribution in [2.24, 2.45) is 0 Å². The van der Waals surface area contributed by atoms with E-state index in [1.807, 2.05) is 4.72 Å². The fourth-order valence-corrected chi connectivity index (χ4v) is 2.22. The Morgan fingerprint density at radius 3 is 2.53 bits per heavy atom. The fraction of sp³-hybridized carbons (Fsp3) is 0.333. The Kier molecular flexibility index (Phi) is 4.02. The summed E-state index contributed by atoms with van der Waals surface area (Å²) in [6, 6.07) is 1.33. The van der Waals surface area contributed by atoms with E-state index in [4.69, 9.17) is 10.8 Å². The Hall–Kier alpha value is -1.25. The zero-order chi connectivity index (χ0) is 13.2. The number of sulfonamides is 1. The van der Waals surface area contributed by atoms with Crippen molar-refractivity contribution < 1.29 is 22.3 Å². The molecule has 0 spiro atoms. The minimum atomic E-state index is -4.01. The van der Waals surface area contributed by atoms with Gasteiger partial charge in [0.25, 0.3) is 0 Å². The molecule has 5 nitrogen and oxygen atoms in total. The van der Waals surface area contributed by atoms with Gasteiger partial charge in [0.15, 0.2) is 11.6 Å². The van der Waals surface area contributed by atoms with Crippen LogP contribution in [0.25, 0.3) is 0 Å². The molecule has 0 aliphatic carbocycles. The van der Waals surface area contributed by atoms with Crippen molar-refractivity contribution in [1.29, 1.82) is 0 Å². The summed E-state index contributed by atoms with van der Waals surface area (Å²) in [4.78, 5) is -0.491. The quantitative estimate of drug-likeness (QED) is 0.679. The number of rotatable bonds is 4. The Balaban J connectivity index is 3.08. The van der Waals surface area contributed by atoms with Crippen LogP contribution in [0.5, 0.6) is 0 Å². The molecule has 4 N–H and O–H groups in total. The molecule has 1 aromatic carbocycles. The van der Waals surface area contributed by atoms with Gasteiger partial charge >= 0.3 is 0 Å². The molecule has 0 saturated heterocycles. The number of aliphatic hydroxyl groups is 1. The SMILES string of the molecule is CC(O)CNS(=O)(=O)c1cc(N)c(F)c(F)c1. The van der Waals surface area contributed by atoms with Gasteiger partial charge in [0.2, 0.25) is 10.0 Å². The minimum Gasteiger partial charge on any atom is -0.396 e. The van der Waals surface area contributed by atoms with E-state index in [1.165, 1.54) is 6.92 Å². The van der Waals surface area contributed by atoms with Gasteiger partial charge in [-0.25, -0.2) is 21.9 Å². The molecule has 0 bridgehead atoms. The average Bonchev–Trinajstić information content (AvgIpc) is 2.22. The molecule has 0 fully saturated rings. The summed E-state index contributed by atoms with van der Waals surface area (Å²) >= 11 is 0. The Bertz CT molecular complexity index is 494. The highest BCUT2D eigenvalue weighted by atomic mass is 32.2. The van der Waals surface area contributed by atoms with Crippen molar-refractivity contribution >= 4 is 15.7 Å². The van der Waals surface area contributed by atoms with Crippen molar-refractivity contribution in [3.05, 3.63) is 23.8 Å². The molecule has 0 aromatic heterocycles. The number of nitrogens with one attached hydrogen (secondary N) is 1. The Labute approximate surface area is 97.3 Å². The van der Waals surface area contributed by atoms with E-state index >= 15 is 0 Å². The summed E-state index contributed by atoms with van der Waals surface area (Å²) < 4.78 is 51.0. The molecule has 96 valence electrons. The first kappa shape index (κ1) is 13.8. The highest BCUT2D eigenvalue weighted by Crippen LogP contribution is 2.20. The van der Waals surface area contributed by atoms with Gasteiger partial charge < -0.3 is 10.8 Å². The van der Waals surface area contributed by atoms with Crippen molar-refractivity contribution in [2.75, 3.05) is 12.3 Å². The predicted molar refractivity (Wildman–Crippen MR) is 57.6 cm³/mol. The maximum atomic E-state index is 13.0. The summed E-state index contributed by atoms with van der Waals surface area (Å²) in [6.45, 7) is 1.14. The second-order valence-electron chi connectivity index (χ2n) is 3.51. The predicted octanol–water partition coefficient (Wildman–Crippen LogP) is 0.206. The minimum absolute atomic E-state index is 0.235. The van der Waals surface area contributed by atoms with Crippen LogP contribution in [0, 0.1) is 11.6 Å². The molecule has 0 aliphatic rings. The first-order valence-electron chi connectivity index (χ1n) is 4.66. The number of benzene rings is 1. The molecule has 0 amide bonds. The van der Waals surface area contributed by atoms with Crippen molar-refractivity contribution in [3.63, 3.8) is 0 Å². The number of nitrogen functional groups attached to an aromatic ring is 1. The van der Waals surface area contributed by atoms with E-state index in [0.29, 0.717) is 6.07 Å². The standard InChI is InChI=1S/C9H12F2N2O3S/c1-5(14)4-13-17(15,16)6-2-7(10)9(11)8(12)3-6/h2-3,5,13-14H,4,12H2,1H3. The van der Waals surface area contributed by atoms with Crippen molar-refractivity contribution in [2.45, 2.75) is 17.9 Å². The highest BCUT2D eigenvalue weighted by molar-refractivity contribution is 7.89. The van der Waals surface area contributed by atoms with Crippen LogP contribution >= 0.6 is 0 Å². The summed E-state index contributed by atoms with van der Waals surface area (Å²) in [5.41, 5.74) is 4.52. The number of anilines is 1. The monoisotopic (exact) mass is 266 g/mol. The van der Waals surface area contributed by atoms with Crippen LogP contribution < -0.4 is 10.5 Å². The lowest BCUT2D eigenvalue weighted by atomic mass is 10.3. The third-order valence-corrected chi connectivity index (χ3v) is 3.31. The van der Waals surface area contributed by atoms with Gasteiger partial charge in [-0.3, -0.25) is 0 Å². The number of nitrogens with two attached hydrogens (primary N) is 1. The molecule has 0 aliphatic heterocycles. The van der Waals surface area contributed by atoms with Crippen LogP contribution in [0.1, 0.15) is 6.92 Å². The summed E-state index contributed by atoms with van der Waals surface area (Å²) in [6.07, 6.45) is -0.896. The third-order valence-electron chi connectivity index (χ3n) is 1.91. The first-order chi connectivity index (χ1) is 7.74. The van der Waals surface area contributed by atoms with Gasteiger partial charge in [0.1, 0.15) is 0 Å². The van der Waals surface area contributed by atoms with Gasteiger partial charge in [0, 0.05) is 6.54 Å². The van der Waals surface area contributed by atoms with E-state index in [-0.39, 0.29) is 6.54 Å². The zero-order valence-electron chi connectivity index (χ0n) is 8.94. The highest BCUT2D eigenvalue weighted by Gasteiger charge is 2.19. The van der Waals surface area contributed by atoms with Crippen LogP contribution in [0.3, 0.4) is 0 Å². The largest absolute Gasteiger partial charge is 0.396 e. The van der Waals surface area contributed by atoms with Gasteiger partial charge in [-0.15, -0.1) is 0 Å². The Morgan fingerprint density at radius 1 is 1.47 bits per heavy atom. The maximum Gasteiger partial charge on any atom is 0.240 e. The fourth-order valence-electron chi connectivity index (χ4n) is 1.05. The molecule has 1 rings (SSSR count). The van der Waals surface area contributed by atoms with E-state index < -0.39 is 38.3 Å². The lowest BCUT2D eigenvalue weighted by Gasteiger charge is -2.09. The lowest BCUT2D eigenvalue weighted by molar-refractivity contribution is 0.198. The summed E-state index contributed by atoms with van der Waals surface area (Å²) in [5.74, 6) is -2.64. The summed E-state index contributed by atoms with van der Waals surface area (Å²) in [7, 11) is -4.01. The molecule has 1 aromatic rings. The van der Waals surface area contributed by atoms with Crippen molar-refractivity contribution in [1.82, 2.24) is 4.72 Å². The van der Waals surface area contributed by atoms with E-state index in [1.54, 1.807) is 0 Å². The van der Waals surface area contributed by atoms with Crippen LogP contribution in [-0.2, 0) is 10.0 Å². The van der Waals surface area contributed by atoms with E-state index in [0.717, 1.165) is 6.07 Å². The van der Waals surface area contributed by atoms with Crippen LogP contribution in [0.4, 0.5) is 14.5 Å². The van der Waals surface area contributed by atoms with Gasteiger partial charge in [-0.2, -0.15) is 0 Å². The molecule has 1 unspecified atom stereocenters. The van der Waals surface area contributed by atoms with Crippen LogP contribution in [0.15, 0.2) is 17.0 Å². The van der Waals surface area contributed by atoms with E-state index in [9.17, 15) is 17.2 Å². The summed E-state index contributed by atoms with van der Waals surface area (Å²) in [5, 5.41) is 8.93. The number of halogens is 2. The van der Waals surface area contributed by atoms with Crippen molar-refractivity contribution in [3.8, 4) is 0 Å². The molecule has 8 heteroatoms. The molecule has 0 heterocycles. The van der Waals surface area contributed by atoms with Gasteiger partial charge in [-0.05, 0) is 19.1 Å². The van der Waals surface area contributed by atoms with E-state index in [2.05, 4.69) is 0 Å². The smallest absolute Gasteiger partial charge is 0.240 e. The molecule has 0 saturated carbocycles. The molecular formula is C9H12F2N2O3S.